The molecule has 1 atom stereocenters. The monoisotopic (exact) mass is 372 g/mol. The van der Waals surface area contributed by atoms with Crippen molar-refractivity contribution in [2.24, 2.45) is 0 Å². The lowest BCUT2D eigenvalue weighted by Crippen LogP contribution is -2.49. The number of nitrogens with zero attached hydrogens (tertiary/aromatic N) is 1. The average Bonchev–Trinajstić information content (AvgIpc) is 2.67. The summed E-state index contributed by atoms with van der Waals surface area (Å²) in [5.74, 6) is -0.191. The van der Waals surface area contributed by atoms with E-state index in [9.17, 15) is 9.59 Å². The molecule has 138 valence electrons. The Bertz CT molecular complexity index is 717. The predicted molar refractivity (Wildman–Crippen MR) is 105 cm³/mol. The van der Waals surface area contributed by atoms with E-state index in [-0.39, 0.29) is 18.2 Å². The van der Waals surface area contributed by atoms with Crippen LogP contribution in [0.1, 0.15) is 24.5 Å². The molecule has 26 heavy (non-hydrogen) atoms. The zero-order valence-electron chi connectivity index (χ0n) is 15.2. The van der Waals surface area contributed by atoms with Crippen molar-refractivity contribution in [3.8, 4) is 0 Å². The number of rotatable bonds is 8. The maximum absolute atomic E-state index is 13.0. The van der Waals surface area contributed by atoms with Crippen molar-refractivity contribution in [1.29, 1.82) is 0 Å². The van der Waals surface area contributed by atoms with Crippen molar-refractivity contribution in [3.63, 3.8) is 0 Å². The van der Waals surface area contributed by atoms with Gasteiger partial charge in [0.25, 0.3) is 0 Å². The highest BCUT2D eigenvalue weighted by Crippen LogP contribution is 2.14. The second kappa shape index (κ2) is 9.97. The summed E-state index contributed by atoms with van der Waals surface area (Å²) in [6, 6.07) is 16.7. The number of carbonyl (C=O) groups is 2. The van der Waals surface area contributed by atoms with Crippen LogP contribution in [0.4, 0.5) is 0 Å². The van der Waals surface area contributed by atoms with E-state index < -0.39 is 6.04 Å². The number of carbonyl (C=O) groups excluding carboxylic acids is 2. The zero-order valence-corrected chi connectivity index (χ0v) is 16.0. The molecule has 5 heteroatoms. The summed E-state index contributed by atoms with van der Waals surface area (Å²) in [7, 11) is 1.60. The van der Waals surface area contributed by atoms with Crippen molar-refractivity contribution in [2.45, 2.75) is 32.2 Å². The molecule has 0 saturated carbocycles. The summed E-state index contributed by atoms with van der Waals surface area (Å²) in [4.78, 5) is 26.9. The first-order valence-corrected chi connectivity index (χ1v) is 9.22. The number of nitrogens with one attached hydrogen (secondary N) is 1. The minimum absolute atomic E-state index is 0.0568. The van der Waals surface area contributed by atoms with Crippen LogP contribution >= 0.6 is 11.6 Å². The molecule has 2 amide bonds. The first-order chi connectivity index (χ1) is 12.5. The number of likely N-dealkylation sites (N-methyl/N-ethyl adjacent to an activating group) is 1. The average molecular weight is 373 g/mol. The molecule has 0 aliphatic heterocycles. The number of hydrogen-bond donors (Lipinski definition) is 1. The first-order valence-electron chi connectivity index (χ1n) is 8.84. The molecule has 0 heterocycles. The van der Waals surface area contributed by atoms with Gasteiger partial charge >= 0.3 is 0 Å². The van der Waals surface area contributed by atoms with Crippen LogP contribution in [0, 0.1) is 0 Å². The summed E-state index contributed by atoms with van der Waals surface area (Å²) < 4.78 is 0. The lowest BCUT2D eigenvalue weighted by atomic mass is 10.1. The fourth-order valence-corrected chi connectivity index (χ4v) is 3.07. The van der Waals surface area contributed by atoms with E-state index in [0.29, 0.717) is 24.4 Å². The largest absolute Gasteiger partial charge is 0.357 e. The van der Waals surface area contributed by atoms with Gasteiger partial charge in [0.1, 0.15) is 6.04 Å². The summed E-state index contributed by atoms with van der Waals surface area (Å²) in [6.45, 7) is 2.42. The molecule has 2 aromatic carbocycles. The molecule has 2 aromatic rings. The SMILES string of the molecule is CCC(C(=O)NC)N(CCc1ccccc1)C(=O)Cc1ccc(Cl)cc1. The fraction of sp³-hybridized carbons (Fsp3) is 0.333. The Hall–Kier alpha value is -2.33. The summed E-state index contributed by atoms with van der Waals surface area (Å²) in [5, 5.41) is 3.31. The maximum Gasteiger partial charge on any atom is 0.242 e. The van der Waals surface area contributed by atoms with E-state index in [1.807, 2.05) is 49.4 Å². The van der Waals surface area contributed by atoms with Gasteiger partial charge in [-0.15, -0.1) is 0 Å². The van der Waals surface area contributed by atoms with Gasteiger partial charge in [-0.05, 0) is 36.1 Å². The van der Waals surface area contributed by atoms with Gasteiger partial charge in [0, 0.05) is 18.6 Å². The minimum atomic E-state index is -0.469. The van der Waals surface area contributed by atoms with Crippen molar-refractivity contribution in [3.05, 3.63) is 70.7 Å². The molecule has 0 spiro atoms. The number of amides is 2. The molecule has 4 nitrogen and oxygen atoms in total. The molecule has 0 aliphatic rings. The fourth-order valence-electron chi connectivity index (χ4n) is 2.94. The van der Waals surface area contributed by atoms with Crippen LogP contribution in [0.2, 0.25) is 5.02 Å². The van der Waals surface area contributed by atoms with Crippen LogP contribution < -0.4 is 5.32 Å². The first kappa shape index (κ1) is 20.0. The molecule has 0 aliphatic carbocycles. The third-order valence-corrected chi connectivity index (χ3v) is 4.64. The molecule has 0 saturated heterocycles. The summed E-state index contributed by atoms with van der Waals surface area (Å²) >= 11 is 5.91. The number of hydrogen-bond acceptors (Lipinski definition) is 2. The van der Waals surface area contributed by atoms with E-state index in [1.54, 1.807) is 24.1 Å². The van der Waals surface area contributed by atoms with Crippen LogP contribution in [-0.4, -0.2) is 36.3 Å². The van der Waals surface area contributed by atoms with E-state index in [0.717, 1.165) is 11.1 Å². The Morgan fingerprint density at radius 3 is 2.27 bits per heavy atom. The van der Waals surface area contributed by atoms with Gasteiger partial charge in [0.2, 0.25) is 11.8 Å². The Morgan fingerprint density at radius 1 is 1.04 bits per heavy atom. The Morgan fingerprint density at radius 2 is 1.69 bits per heavy atom. The zero-order chi connectivity index (χ0) is 18.9. The topological polar surface area (TPSA) is 49.4 Å². The highest BCUT2D eigenvalue weighted by Gasteiger charge is 2.27. The van der Waals surface area contributed by atoms with Crippen LogP contribution in [0.15, 0.2) is 54.6 Å². The predicted octanol–water partition coefficient (Wildman–Crippen LogP) is 3.48. The normalized spacial score (nSPS) is 11.7. The van der Waals surface area contributed by atoms with E-state index in [2.05, 4.69) is 5.32 Å². The lowest BCUT2D eigenvalue weighted by Gasteiger charge is -2.30. The Kier molecular flexibility index (Phi) is 7.67. The smallest absolute Gasteiger partial charge is 0.242 e. The van der Waals surface area contributed by atoms with Gasteiger partial charge in [0.05, 0.1) is 6.42 Å². The summed E-state index contributed by atoms with van der Waals surface area (Å²) in [6.07, 6.45) is 1.53. The Balaban J connectivity index is 2.16. The van der Waals surface area contributed by atoms with Gasteiger partial charge in [0.15, 0.2) is 0 Å². The highest BCUT2D eigenvalue weighted by molar-refractivity contribution is 6.30. The van der Waals surface area contributed by atoms with E-state index >= 15 is 0 Å². The van der Waals surface area contributed by atoms with E-state index in [1.165, 1.54) is 0 Å². The third-order valence-electron chi connectivity index (χ3n) is 4.39. The van der Waals surface area contributed by atoms with E-state index in [4.69, 9.17) is 11.6 Å². The quantitative estimate of drug-likeness (QED) is 0.771. The second-order valence-electron chi connectivity index (χ2n) is 6.16. The van der Waals surface area contributed by atoms with Crippen molar-refractivity contribution < 1.29 is 9.59 Å². The van der Waals surface area contributed by atoms with Crippen molar-refractivity contribution in [1.82, 2.24) is 10.2 Å². The molecular weight excluding hydrogens is 348 g/mol. The van der Waals surface area contributed by atoms with Crippen LogP contribution in [0.3, 0.4) is 0 Å². The summed E-state index contributed by atoms with van der Waals surface area (Å²) in [5.41, 5.74) is 2.03. The Labute approximate surface area is 160 Å². The third kappa shape index (κ3) is 5.60. The van der Waals surface area contributed by atoms with Crippen LogP contribution in [0.5, 0.6) is 0 Å². The van der Waals surface area contributed by atoms with Gasteiger partial charge in [-0.25, -0.2) is 0 Å². The molecule has 0 fully saturated rings. The number of halogens is 1. The van der Waals surface area contributed by atoms with Crippen LogP contribution in [0.25, 0.3) is 0 Å². The molecular formula is C21H25ClN2O2. The lowest BCUT2D eigenvalue weighted by molar-refractivity contribution is -0.140. The van der Waals surface area contributed by atoms with Gasteiger partial charge in [-0.3, -0.25) is 9.59 Å². The molecule has 0 aromatic heterocycles. The van der Waals surface area contributed by atoms with Crippen molar-refractivity contribution in [2.75, 3.05) is 13.6 Å². The van der Waals surface area contributed by atoms with Gasteiger partial charge < -0.3 is 10.2 Å². The highest BCUT2D eigenvalue weighted by atomic mass is 35.5. The van der Waals surface area contributed by atoms with Crippen molar-refractivity contribution >= 4 is 23.4 Å². The van der Waals surface area contributed by atoms with Gasteiger partial charge in [-0.2, -0.15) is 0 Å². The van der Waals surface area contributed by atoms with Gasteiger partial charge in [-0.1, -0.05) is 61.0 Å². The molecule has 0 bridgehead atoms. The maximum atomic E-state index is 13.0. The molecule has 0 radical (unpaired) electrons. The molecule has 2 rings (SSSR count). The molecule has 1 N–H and O–H groups in total. The standard InChI is InChI=1S/C21H25ClN2O2/c1-3-19(21(26)23-2)24(14-13-16-7-5-4-6-8-16)20(25)15-17-9-11-18(22)12-10-17/h4-12,19H,3,13-15H2,1-2H3,(H,23,26). The minimum Gasteiger partial charge on any atom is -0.357 e. The second-order valence-corrected chi connectivity index (χ2v) is 6.60. The van der Waals surface area contributed by atoms with Crippen LogP contribution in [-0.2, 0) is 22.4 Å². The molecule has 1 unspecified atom stereocenters. The number of benzene rings is 2.